The zero-order valence-corrected chi connectivity index (χ0v) is 12.4. The molecule has 0 unspecified atom stereocenters. The number of hydrogen-bond acceptors (Lipinski definition) is 3. The summed E-state index contributed by atoms with van der Waals surface area (Å²) < 4.78 is 1.97. The molecule has 0 aliphatic heterocycles. The van der Waals surface area contributed by atoms with Crippen molar-refractivity contribution in [3.05, 3.63) is 66.2 Å². The van der Waals surface area contributed by atoms with Crippen molar-refractivity contribution in [1.29, 1.82) is 0 Å². The minimum Gasteiger partial charge on any atom is -0.361 e. The van der Waals surface area contributed by atoms with E-state index in [-0.39, 0.29) is 0 Å². The number of rotatable bonds is 2. The number of hydrogen-bond donors (Lipinski definition) is 1. The van der Waals surface area contributed by atoms with E-state index in [0.717, 1.165) is 33.7 Å². The second-order valence-corrected chi connectivity index (χ2v) is 5.23. The Hall–Kier alpha value is -3.46. The molecular weight excluding hydrogens is 288 g/mol. The van der Waals surface area contributed by atoms with Crippen LogP contribution in [-0.4, -0.2) is 24.6 Å². The standard InChI is InChI=1S/C17H12N6/c1-11-10-23-6-5-12(7-16(23)21-11)17-14(13-8-19-20-9-13)3-4-15(18-2)22-17/h3-10H,1H3,(H,19,20). The average Bonchev–Trinajstić information content (AvgIpc) is 3.21. The van der Waals surface area contributed by atoms with E-state index in [9.17, 15) is 0 Å². The summed E-state index contributed by atoms with van der Waals surface area (Å²) in [6.45, 7) is 9.17. The number of aryl methyl sites for hydroxylation is 1. The highest BCUT2D eigenvalue weighted by atomic mass is 15.1. The lowest BCUT2D eigenvalue weighted by molar-refractivity contribution is 1.09. The Labute approximate surface area is 132 Å². The number of imidazole rings is 1. The molecule has 4 rings (SSSR count). The monoisotopic (exact) mass is 300 g/mol. The molecule has 6 nitrogen and oxygen atoms in total. The van der Waals surface area contributed by atoms with Crippen molar-refractivity contribution in [3.8, 4) is 22.4 Å². The van der Waals surface area contributed by atoms with Crippen molar-refractivity contribution in [3.63, 3.8) is 0 Å². The molecule has 0 fully saturated rings. The first-order chi connectivity index (χ1) is 11.2. The normalized spacial score (nSPS) is 10.8. The number of nitrogens with zero attached hydrogens (tertiary/aromatic N) is 5. The van der Waals surface area contributed by atoms with Gasteiger partial charge in [-0.15, -0.1) is 4.98 Å². The number of aromatic nitrogens is 5. The van der Waals surface area contributed by atoms with E-state index < -0.39 is 0 Å². The summed E-state index contributed by atoms with van der Waals surface area (Å²) in [6, 6.07) is 7.58. The minimum atomic E-state index is 0.367. The molecular formula is C17H12N6. The van der Waals surface area contributed by atoms with Gasteiger partial charge in [0.15, 0.2) is 5.69 Å². The fourth-order valence-corrected chi connectivity index (χ4v) is 2.62. The smallest absolute Gasteiger partial charge is 0.270 e. The van der Waals surface area contributed by atoms with E-state index in [0.29, 0.717) is 5.82 Å². The Kier molecular flexibility index (Phi) is 2.91. The van der Waals surface area contributed by atoms with E-state index in [1.54, 1.807) is 12.3 Å². The highest BCUT2D eigenvalue weighted by Gasteiger charge is 2.15. The summed E-state index contributed by atoms with van der Waals surface area (Å²) in [5.41, 5.74) is 5.35. The molecule has 23 heavy (non-hydrogen) atoms. The van der Waals surface area contributed by atoms with Crippen molar-refractivity contribution in [2.45, 2.75) is 6.92 Å². The molecule has 0 radical (unpaired) electrons. The van der Waals surface area contributed by atoms with Gasteiger partial charge in [-0.25, -0.2) is 4.98 Å². The van der Waals surface area contributed by atoms with Gasteiger partial charge in [-0.05, 0) is 25.1 Å². The quantitative estimate of drug-likeness (QED) is 0.575. The first kappa shape index (κ1) is 13.2. The van der Waals surface area contributed by atoms with Crippen molar-refractivity contribution in [2.24, 2.45) is 0 Å². The number of fused-ring (bicyclic) bond motifs is 1. The third-order valence-corrected chi connectivity index (χ3v) is 3.66. The van der Waals surface area contributed by atoms with Gasteiger partial charge < -0.3 is 9.25 Å². The van der Waals surface area contributed by atoms with Crippen molar-refractivity contribution in [2.75, 3.05) is 0 Å². The van der Waals surface area contributed by atoms with Gasteiger partial charge in [0.2, 0.25) is 0 Å². The van der Waals surface area contributed by atoms with Crippen LogP contribution in [0.1, 0.15) is 5.69 Å². The predicted molar refractivity (Wildman–Crippen MR) is 87.0 cm³/mol. The SMILES string of the molecule is [C-]#[N+]c1ccc(-c2cn[nH]c2)c(-c2ccn3cc(C)nc3c2)n1. The lowest BCUT2D eigenvalue weighted by Gasteiger charge is -2.05. The Morgan fingerprint density at radius 1 is 1.17 bits per heavy atom. The third kappa shape index (κ3) is 2.24. The molecule has 0 bridgehead atoms. The lowest BCUT2D eigenvalue weighted by atomic mass is 10.0. The molecule has 4 heterocycles. The number of pyridine rings is 2. The van der Waals surface area contributed by atoms with Gasteiger partial charge >= 0.3 is 0 Å². The molecule has 0 amide bonds. The Morgan fingerprint density at radius 3 is 2.87 bits per heavy atom. The van der Waals surface area contributed by atoms with Gasteiger partial charge in [0.25, 0.3) is 5.82 Å². The summed E-state index contributed by atoms with van der Waals surface area (Å²) in [5, 5.41) is 6.81. The number of nitrogens with one attached hydrogen (secondary N) is 1. The van der Waals surface area contributed by atoms with Crippen LogP contribution in [0.3, 0.4) is 0 Å². The van der Waals surface area contributed by atoms with Crippen molar-refractivity contribution < 1.29 is 0 Å². The second kappa shape index (κ2) is 5.07. The van der Waals surface area contributed by atoms with Crippen LogP contribution in [0.2, 0.25) is 0 Å². The predicted octanol–water partition coefficient (Wildman–Crippen LogP) is 3.65. The summed E-state index contributed by atoms with van der Waals surface area (Å²) in [5.74, 6) is 0.367. The summed E-state index contributed by atoms with van der Waals surface area (Å²) >= 11 is 0. The van der Waals surface area contributed by atoms with Gasteiger partial charge in [-0.2, -0.15) is 5.10 Å². The van der Waals surface area contributed by atoms with Crippen molar-refractivity contribution in [1.82, 2.24) is 24.6 Å². The van der Waals surface area contributed by atoms with Crippen LogP contribution < -0.4 is 0 Å². The summed E-state index contributed by atoms with van der Waals surface area (Å²) in [4.78, 5) is 12.4. The van der Waals surface area contributed by atoms with Crippen LogP contribution in [0, 0.1) is 13.5 Å². The van der Waals surface area contributed by atoms with Gasteiger partial charge in [0.05, 0.1) is 11.9 Å². The maximum absolute atomic E-state index is 7.21. The van der Waals surface area contributed by atoms with Crippen LogP contribution in [0.25, 0.3) is 32.9 Å². The molecule has 0 saturated carbocycles. The molecule has 0 aliphatic carbocycles. The summed E-state index contributed by atoms with van der Waals surface area (Å²) in [7, 11) is 0. The average molecular weight is 300 g/mol. The Bertz CT molecular complexity index is 1040. The van der Waals surface area contributed by atoms with E-state index in [1.165, 1.54) is 0 Å². The minimum absolute atomic E-state index is 0.367. The maximum Gasteiger partial charge on any atom is 0.270 e. The van der Waals surface area contributed by atoms with E-state index in [4.69, 9.17) is 6.57 Å². The largest absolute Gasteiger partial charge is 0.361 e. The first-order valence-corrected chi connectivity index (χ1v) is 7.08. The Morgan fingerprint density at radius 2 is 2.09 bits per heavy atom. The van der Waals surface area contributed by atoms with Gasteiger partial charge in [0, 0.05) is 35.3 Å². The molecule has 4 aromatic rings. The maximum atomic E-state index is 7.21. The third-order valence-electron chi connectivity index (χ3n) is 3.66. The lowest BCUT2D eigenvalue weighted by Crippen LogP contribution is -1.91. The molecule has 0 saturated heterocycles. The molecule has 0 spiro atoms. The number of H-pyrrole nitrogens is 1. The van der Waals surface area contributed by atoms with Crippen LogP contribution >= 0.6 is 0 Å². The molecule has 6 heteroatoms. The van der Waals surface area contributed by atoms with Crippen LogP contribution in [0.5, 0.6) is 0 Å². The molecule has 0 aromatic carbocycles. The number of aromatic amines is 1. The molecule has 110 valence electrons. The molecule has 4 aromatic heterocycles. The van der Waals surface area contributed by atoms with Crippen LogP contribution in [0.4, 0.5) is 5.82 Å². The fraction of sp³-hybridized carbons (Fsp3) is 0.0588. The molecule has 0 aliphatic rings. The van der Waals surface area contributed by atoms with E-state index in [1.807, 2.05) is 48.1 Å². The van der Waals surface area contributed by atoms with Gasteiger partial charge in [-0.3, -0.25) is 5.10 Å². The van der Waals surface area contributed by atoms with Crippen LogP contribution in [-0.2, 0) is 0 Å². The Balaban J connectivity index is 1.96. The fourth-order valence-electron chi connectivity index (χ4n) is 2.62. The van der Waals surface area contributed by atoms with Crippen molar-refractivity contribution >= 4 is 11.5 Å². The molecule has 0 atom stereocenters. The first-order valence-electron chi connectivity index (χ1n) is 7.08. The van der Waals surface area contributed by atoms with E-state index in [2.05, 4.69) is 25.0 Å². The highest BCUT2D eigenvalue weighted by Crippen LogP contribution is 2.32. The van der Waals surface area contributed by atoms with Crippen LogP contribution in [0.15, 0.2) is 49.1 Å². The highest BCUT2D eigenvalue weighted by molar-refractivity contribution is 5.82. The van der Waals surface area contributed by atoms with Gasteiger partial charge in [-0.1, -0.05) is 12.6 Å². The van der Waals surface area contributed by atoms with E-state index >= 15 is 0 Å². The van der Waals surface area contributed by atoms with Gasteiger partial charge in [0.1, 0.15) is 5.65 Å². The second-order valence-electron chi connectivity index (χ2n) is 5.23. The zero-order chi connectivity index (χ0) is 15.8. The topological polar surface area (TPSA) is 63.2 Å². The molecule has 1 N–H and O–H groups in total. The summed E-state index contributed by atoms with van der Waals surface area (Å²) in [6.07, 6.45) is 7.49. The zero-order valence-electron chi connectivity index (χ0n) is 12.4.